The molecule has 0 bridgehead atoms. The lowest BCUT2D eigenvalue weighted by Gasteiger charge is -2.22. The molecule has 2 aliphatic rings. The van der Waals surface area contributed by atoms with Gasteiger partial charge in [-0.1, -0.05) is 23.8 Å². The highest BCUT2D eigenvalue weighted by Gasteiger charge is 2.32. The molecule has 0 saturated carbocycles. The van der Waals surface area contributed by atoms with E-state index in [0.29, 0.717) is 5.56 Å². The molecule has 2 nitrogen and oxygen atoms in total. The highest BCUT2D eigenvalue weighted by molar-refractivity contribution is 5.87. The average molecular weight is 233 g/mol. The summed E-state index contributed by atoms with van der Waals surface area (Å²) in [4.78, 5) is 11.9. The Morgan fingerprint density at radius 3 is 3.12 bits per heavy atom. The monoisotopic (exact) mass is 233 g/mol. The Balaban J connectivity index is 2.36. The Bertz CT molecular complexity index is 752. The van der Waals surface area contributed by atoms with E-state index >= 15 is 0 Å². The molecule has 2 aliphatic carbocycles. The molecular weight excluding hydrogens is 210 g/mol. The Morgan fingerprint density at radius 1 is 1.53 bits per heavy atom. The number of allylic oxidation sites excluding steroid dienone is 1. The minimum atomic E-state index is -2.89. The van der Waals surface area contributed by atoms with E-state index in [4.69, 9.17) is 14.0 Å². The van der Waals surface area contributed by atoms with E-state index in [1.54, 1.807) is 6.07 Å². The summed E-state index contributed by atoms with van der Waals surface area (Å²) in [6.07, 6.45) is -7.95. The summed E-state index contributed by atoms with van der Waals surface area (Å²) in [5.74, 6) is -2.45. The van der Waals surface area contributed by atoms with Crippen LogP contribution in [0.1, 0.15) is 44.0 Å². The fourth-order valence-electron chi connectivity index (χ4n) is 2.44. The second-order valence-electron chi connectivity index (χ2n) is 4.47. The van der Waals surface area contributed by atoms with E-state index in [-0.39, 0.29) is 17.6 Å². The molecule has 0 aliphatic heterocycles. The average Bonchev–Trinajstić information content (AvgIpc) is 2.74. The first kappa shape index (κ1) is 5.85. The van der Waals surface area contributed by atoms with Crippen molar-refractivity contribution < 1.29 is 13.0 Å². The van der Waals surface area contributed by atoms with Crippen molar-refractivity contribution in [2.24, 2.45) is 11.7 Å². The third-order valence-corrected chi connectivity index (χ3v) is 3.27. The van der Waals surface area contributed by atoms with Crippen LogP contribution in [0.4, 0.5) is 0 Å². The van der Waals surface area contributed by atoms with Crippen LogP contribution in [0.15, 0.2) is 23.8 Å². The lowest BCUT2D eigenvalue weighted by atomic mass is 9.82. The van der Waals surface area contributed by atoms with Crippen molar-refractivity contribution in [2.75, 3.05) is 0 Å². The maximum absolute atomic E-state index is 11.9. The number of fused-ring (bicyclic) bond motifs is 2. The van der Waals surface area contributed by atoms with Gasteiger partial charge in [0.05, 0.1) is 5.92 Å². The zero-order valence-corrected chi connectivity index (χ0v) is 9.50. The third-order valence-electron chi connectivity index (χ3n) is 3.27. The minimum Gasteiger partial charge on any atom is -0.369 e. The molecule has 17 heavy (non-hydrogen) atoms. The van der Waals surface area contributed by atoms with Crippen LogP contribution in [0.2, 0.25) is 0 Å². The smallest absolute Gasteiger partial charge is 0.224 e. The van der Waals surface area contributed by atoms with Gasteiger partial charge >= 0.3 is 0 Å². The topological polar surface area (TPSA) is 43.1 Å². The predicted octanol–water partition coefficient (Wildman–Crippen LogP) is 2.59. The summed E-state index contributed by atoms with van der Waals surface area (Å²) in [5.41, 5.74) is 7.93. The standard InChI is InChI=1S/C15H17NO/c1-9-5-6-10-8-14-11(13(10)7-9)3-2-4-12(14)15(16)17/h5-7,12H,2-4,8H2,1H3,(H2,16,17)/i2D2,3D2,4D2. The van der Waals surface area contributed by atoms with Crippen molar-refractivity contribution >= 4 is 11.5 Å². The third kappa shape index (κ3) is 1.59. The Morgan fingerprint density at radius 2 is 2.35 bits per heavy atom. The molecule has 0 spiro atoms. The molecule has 88 valence electrons. The number of amides is 1. The lowest BCUT2D eigenvalue weighted by Crippen LogP contribution is -2.27. The number of hydrogen-bond donors (Lipinski definition) is 1. The summed E-state index contributed by atoms with van der Waals surface area (Å²) in [7, 11) is 0. The van der Waals surface area contributed by atoms with Gasteiger partial charge in [0.25, 0.3) is 0 Å². The van der Waals surface area contributed by atoms with Gasteiger partial charge in [0.2, 0.25) is 5.91 Å². The summed E-state index contributed by atoms with van der Waals surface area (Å²) in [6.45, 7) is 1.84. The summed E-state index contributed by atoms with van der Waals surface area (Å²) in [6, 6.07) is 5.42. The normalized spacial score (nSPS) is 36.4. The number of nitrogens with two attached hydrogens (primary N) is 1. The number of carbonyl (C=O) groups is 1. The molecule has 0 aromatic heterocycles. The van der Waals surface area contributed by atoms with Crippen LogP contribution >= 0.6 is 0 Å². The molecule has 3 rings (SSSR count). The molecule has 1 atom stereocenters. The van der Waals surface area contributed by atoms with Crippen LogP contribution in [0.3, 0.4) is 0 Å². The largest absolute Gasteiger partial charge is 0.369 e. The van der Waals surface area contributed by atoms with E-state index in [1.807, 2.05) is 19.1 Å². The zero-order chi connectivity index (χ0) is 17.4. The first-order valence-corrected chi connectivity index (χ1v) is 5.55. The maximum atomic E-state index is 11.9. The summed E-state index contributed by atoms with van der Waals surface area (Å²) < 4.78 is 48.9. The van der Waals surface area contributed by atoms with Crippen LogP contribution in [0.5, 0.6) is 0 Å². The first-order chi connectivity index (χ1) is 10.4. The maximum Gasteiger partial charge on any atom is 0.224 e. The van der Waals surface area contributed by atoms with Gasteiger partial charge in [-0.15, -0.1) is 0 Å². The SMILES string of the molecule is [2H]C1([2H])C2=C(Cc3ccc(C)cc32)C(C(N)=O)C([2H])([2H])C1([2H])[2H]. The Labute approximate surface area is 110 Å². The second-order valence-corrected chi connectivity index (χ2v) is 4.47. The van der Waals surface area contributed by atoms with Crippen LogP contribution in [0.25, 0.3) is 5.57 Å². The van der Waals surface area contributed by atoms with Crippen molar-refractivity contribution in [1.29, 1.82) is 0 Å². The Hall–Kier alpha value is -1.57. The molecule has 0 saturated heterocycles. The minimum absolute atomic E-state index is 0.0834. The molecule has 1 aromatic carbocycles. The van der Waals surface area contributed by atoms with Gasteiger partial charge < -0.3 is 5.73 Å². The summed E-state index contributed by atoms with van der Waals surface area (Å²) in [5, 5.41) is 0. The molecule has 0 radical (unpaired) electrons. The van der Waals surface area contributed by atoms with Gasteiger partial charge in [-0.25, -0.2) is 0 Å². The van der Waals surface area contributed by atoms with E-state index in [1.165, 1.54) is 0 Å². The van der Waals surface area contributed by atoms with E-state index in [2.05, 4.69) is 0 Å². The predicted molar refractivity (Wildman–Crippen MR) is 68.3 cm³/mol. The number of hydrogen-bond acceptors (Lipinski definition) is 1. The second kappa shape index (κ2) is 3.73. The highest BCUT2D eigenvalue weighted by Crippen LogP contribution is 2.44. The fourth-order valence-corrected chi connectivity index (χ4v) is 2.44. The number of primary amides is 1. The van der Waals surface area contributed by atoms with E-state index in [0.717, 1.165) is 11.1 Å². The molecule has 1 aromatic rings. The number of aryl methyl sites for hydroxylation is 1. The van der Waals surface area contributed by atoms with E-state index in [9.17, 15) is 4.79 Å². The molecule has 0 fully saturated rings. The quantitative estimate of drug-likeness (QED) is 0.796. The van der Waals surface area contributed by atoms with Crippen LogP contribution < -0.4 is 5.73 Å². The molecule has 1 amide bonds. The molecule has 2 heteroatoms. The highest BCUT2D eigenvalue weighted by atomic mass is 16.1. The molecule has 1 unspecified atom stereocenters. The number of rotatable bonds is 1. The first-order valence-electron chi connectivity index (χ1n) is 8.55. The zero-order valence-electron chi connectivity index (χ0n) is 15.5. The molecular formula is C15H17NO. The summed E-state index contributed by atoms with van der Waals surface area (Å²) >= 11 is 0. The lowest BCUT2D eigenvalue weighted by molar-refractivity contribution is -0.121. The van der Waals surface area contributed by atoms with Gasteiger partial charge in [0.15, 0.2) is 0 Å². The van der Waals surface area contributed by atoms with E-state index < -0.39 is 30.9 Å². The van der Waals surface area contributed by atoms with Crippen molar-refractivity contribution in [2.45, 2.75) is 32.5 Å². The van der Waals surface area contributed by atoms with Gasteiger partial charge in [-0.05, 0) is 54.7 Å². The van der Waals surface area contributed by atoms with Gasteiger partial charge in [-0.3, -0.25) is 4.79 Å². The van der Waals surface area contributed by atoms with Crippen LogP contribution in [-0.4, -0.2) is 5.91 Å². The van der Waals surface area contributed by atoms with Crippen LogP contribution in [-0.2, 0) is 11.2 Å². The van der Waals surface area contributed by atoms with Crippen molar-refractivity contribution in [3.05, 3.63) is 40.5 Å². The van der Waals surface area contributed by atoms with Crippen molar-refractivity contribution in [3.8, 4) is 0 Å². The van der Waals surface area contributed by atoms with Crippen molar-refractivity contribution in [3.63, 3.8) is 0 Å². The number of benzene rings is 1. The van der Waals surface area contributed by atoms with Crippen molar-refractivity contribution in [1.82, 2.24) is 0 Å². The number of carbonyl (C=O) groups excluding carboxylic acids is 1. The Kier molecular flexibility index (Phi) is 1.28. The molecule has 0 heterocycles. The van der Waals surface area contributed by atoms with Gasteiger partial charge in [0, 0.05) is 8.22 Å². The van der Waals surface area contributed by atoms with Gasteiger partial charge in [0.1, 0.15) is 0 Å². The molecule has 2 N–H and O–H groups in total. The van der Waals surface area contributed by atoms with Crippen LogP contribution in [0, 0.1) is 12.8 Å². The fraction of sp³-hybridized carbons (Fsp3) is 0.400. The van der Waals surface area contributed by atoms with Gasteiger partial charge in [-0.2, -0.15) is 0 Å².